The van der Waals surface area contributed by atoms with Crippen LogP contribution in [0.4, 0.5) is 0 Å². The van der Waals surface area contributed by atoms with Gasteiger partial charge in [-0.1, -0.05) is 24.3 Å². The number of aromatic amines is 1. The van der Waals surface area contributed by atoms with Crippen LogP contribution in [0.25, 0.3) is 10.9 Å². The van der Waals surface area contributed by atoms with Crippen LogP contribution in [0.5, 0.6) is 0 Å². The first-order valence-corrected chi connectivity index (χ1v) is 8.54. The third-order valence-corrected chi connectivity index (χ3v) is 4.61. The number of nitrogens with one attached hydrogen (secondary N) is 2. The highest BCUT2D eigenvalue weighted by Gasteiger charge is 2.11. The van der Waals surface area contributed by atoms with Crippen LogP contribution in [0, 0.1) is 13.8 Å². The number of rotatable bonds is 5. The average molecular weight is 335 g/mol. The summed E-state index contributed by atoms with van der Waals surface area (Å²) >= 11 is 0. The number of H-pyrrole nitrogens is 1. The summed E-state index contributed by atoms with van der Waals surface area (Å²) in [5.41, 5.74) is 6.49. The summed E-state index contributed by atoms with van der Waals surface area (Å²) in [7, 11) is 4.09. The molecule has 0 spiro atoms. The van der Waals surface area contributed by atoms with Crippen molar-refractivity contribution in [2.45, 2.75) is 26.9 Å². The minimum absolute atomic E-state index is 0.0418. The number of hydrogen-bond acceptors (Lipinski definition) is 2. The summed E-state index contributed by atoms with van der Waals surface area (Å²) < 4.78 is 0. The van der Waals surface area contributed by atoms with Crippen molar-refractivity contribution in [3.05, 3.63) is 70.4 Å². The highest BCUT2D eigenvalue weighted by molar-refractivity contribution is 5.99. The van der Waals surface area contributed by atoms with Crippen molar-refractivity contribution in [2.24, 2.45) is 0 Å². The van der Waals surface area contributed by atoms with Gasteiger partial charge in [0.05, 0.1) is 0 Å². The number of aryl methyl sites for hydroxylation is 2. The first-order chi connectivity index (χ1) is 12.0. The largest absolute Gasteiger partial charge is 0.358 e. The Labute approximate surface area is 148 Å². The smallest absolute Gasteiger partial charge is 0.251 e. The molecule has 0 unspecified atom stereocenters. The molecule has 3 rings (SSSR count). The standard InChI is InChI=1S/C21H25N3O/c1-14-15(2)23-20-10-9-16(11-19(14)20)21(25)22-12-17-7-5-6-8-18(17)13-24(3)4/h5-11,23H,12-13H2,1-4H3,(H,22,25). The van der Waals surface area contributed by atoms with Gasteiger partial charge >= 0.3 is 0 Å². The predicted molar refractivity (Wildman–Crippen MR) is 103 cm³/mol. The molecule has 0 saturated heterocycles. The van der Waals surface area contributed by atoms with E-state index in [-0.39, 0.29) is 5.91 Å². The van der Waals surface area contributed by atoms with Gasteiger partial charge in [-0.2, -0.15) is 0 Å². The highest BCUT2D eigenvalue weighted by atomic mass is 16.1. The number of aromatic nitrogens is 1. The summed E-state index contributed by atoms with van der Waals surface area (Å²) in [5, 5.41) is 4.16. The molecule has 1 amide bonds. The zero-order chi connectivity index (χ0) is 18.0. The molecule has 3 aromatic rings. The van der Waals surface area contributed by atoms with Gasteiger partial charge in [-0.25, -0.2) is 0 Å². The normalized spacial score (nSPS) is 11.2. The lowest BCUT2D eigenvalue weighted by Crippen LogP contribution is -2.24. The second-order valence-electron chi connectivity index (χ2n) is 6.82. The lowest BCUT2D eigenvalue weighted by Gasteiger charge is -2.14. The molecule has 0 fully saturated rings. The van der Waals surface area contributed by atoms with Gasteiger partial charge in [0.1, 0.15) is 0 Å². The monoisotopic (exact) mass is 335 g/mol. The third kappa shape index (κ3) is 3.74. The predicted octanol–water partition coefficient (Wildman–Crippen LogP) is 3.78. The average Bonchev–Trinajstić information content (AvgIpc) is 2.87. The minimum Gasteiger partial charge on any atom is -0.358 e. The summed E-state index contributed by atoms with van der Waals surface area (Å²) in [6.45, 7) is 5.52. The molecule has 2 aromatic carbocycles. The van der Waals surface area contributed by atoms with Crippen LogP contribution in [0.1, 0.15) is 32.7 Å². The van der Waals surface area contributed by atoms with Gasteiger partial charge in [-0.05, 0) is 62.8 Å². The topological polar surface area (TPSA) is 48.1 Å². The molecule has 0 aliphatic heterocycles. The fraction of sp³-hybridized carbons (Fsp3) is 0.286. The second kappa shape index (κ2) is 7.11. The fourth-order valence-electron chi connectivity index (χ4n) is 3.10. The molecule has 4 heteroatoms. The first kappa shape index (κ1) is 17.2. The Balaban J connectivity index is 1.76. The molecule has 130 valence electrons. The van der Waals surface area contributed by atoms with Crippen molar-refractivity contribution in [3.63, 3.8) is 0 Å². The Morgan fingerprint density at radius 2 is 1.80 bits per heavy atom. The molecule has 4 nitrogen and oxygen atoms in total. The van der Waals surface area contributed by atoms with Crippen molar-refractivity contribution in [1.82, 2.24) is 15.2 Å². The molecule has 0 atom stereocenters. The number of hydrogen-bond donors (Lipinski definition) is 2. The lowest BCUT2D eigenvalue weighted by molar-refractivity contribution is 0.0951. The molecular weight excluding hydrogens is 310 g/mol. The van der Waals surface area contributed by atoms with E-state index < -0.39 is 0 Å². The molecule has 0 bridgehead atoms. The number of amides is 1. The van der Waals surface area contributed by atoms with Gasteiger partial charge in [0.25, 0.3) is 5.91 Å². The number of carbonyl (C=O) groups excluding carboxylic acids is 1. The molecule has 0 radical (unpaired) electrons. The van der Waals surface area contributed by atoms with Crippen molar-refractivity contribution >= 4 is 16.8 Å². The summed E-state index contributed by atoms with van der Waals surface area (Å²) in [6, 6.07) is 14.0. The summed E-state index contributed by atoms with van der Waals surface area (Å²) in [6.07, 6.45) is 0. The van der Waals surface area contributed by atoms with E-state index in [1.165, 1.54) is 11.1 Å². The van der Waals surface area contributed by atoms with Crippen molar-refractivity contribution < 1.29 is 4.79 Å². The van der Waals surface area contributed by atoms with E-state index in [4.69, 9.17) is 0 Å². The SMILES string of the molecule is Cc1[nH]c2ccc(C(=O)NCc3ccccc3CN(C)C)cc2c1C. The van der Waals surface area contributed by atoms with Crippen LogP contribution in [0.15, 0.2) is 42.5 Å². The Hall–Kier alpha value is -2.59. The Kier molecular flexibility index (Phi) is 4.91. The van der Waals surface area contributed by atoms with E-state index in [0.29, 0.717) is 12.1 Å². The Morgan fingerprint density at radius 3 is 2.52 bits per heavy atom. The van der Waals surface area contributed by atoms with Crippen LogP contribution in [-0.2, 0) is 13.1 Å². The maximum Gasteiger partial charge on any atom is 0.251 e. The zero-order valence-electron chi connectivity index (χ0n) is 15.3. The van der Waals surface area contributed by atoms with E-state index in [2.05, 4.69) is 41.2 Å². The van der Waals surface area contributed by atoms with E-state index in [0.717, 1.165) is 28.7 Å². The van der Waals surface area contributed by atoms with Gasteiger partial charge < -0.3 is 15.2 Å². The van der Waals surface area contributed by atoms with Gasteiger partial charge in [0, 0.05) is 35.2 Å². The molecule has 0 aliphatic carbocycles. The van der Waals surface area contributed by atoms with Crippen molar-refractivity contribution in [2.75, 3.05) is 14.1 Å². The number of benzene rings is 2. The first-order valence-electron chi connectivity index (χ1n) is 8.54. The fourth-order valence-corrected chi connectivity index (χ4v) is 3.10. The minimum atomic E-state index is -0.0418. The Morgan fingerprint density at radius 1 is 1.08 bits per heavy atom. The van der Waals surface area contributed by atoms with Crippen LogP contribution in [-0.4, -0.2) is 29.9 Å². The highest BCUT2D eigenvalue weighted by Crippen LogP contribution is 2.22. The quantitative estimate of drug-likeness (QED) is 0.745. The van der Waals surface area contributed by atoms with Gasteiger partial charge in [-0.15, -0.1) is 0 Å². The van der Waals surface area contributed by atoms with Gasteiger partial charge in [0.15, 0.2) is 0 Å². The summed E-state index contributed by atoms with van der Waals surface area (Å²) in [5.74, 6) is -0.0418. The number of fused-ring (bicyclic) bond motifs is 1. The van der Waals surface area contributed by atoms with Crippen molar-refractivity contribution in [1.29, 1.82) is 0 Å². The zero-order valence-corrected chi connectivity index (χ0v) is 15.3. The Bertz CT molecular complexity index is 909. The molecule has 25 heavy (non-hydrogen) atoms. The molecule has 1 heterocycles. The molecule has 2 N–H and O–H groups in total. The summed E-state index contributed by atoms with van der Waals surface area (Å²) in [4.78, 5) is 18.1. The third-order valence-electron chi connectivity index (χ3n) is 4.61. The maximum atomic E-state index is 12.6. The van der Waals surface area contributed by atoms with Gasteiger partial charge in [-0.3, -0.25) is 4.79 Å². The molecular formula is C21H25N3O. The van der Waals surface area contributed by atoms with Crippen LogP contribution >= 0.6 is 0 Å². The van der Waals surface area contributed by atoms with Crippen LogP contribution in [0.3, 0.4) is 0 Å². The lowest BCUT2D eigenvalue weighted by atomic mass is 10.1. The van der Waals surface area contributed by atoms with Gasteiger partial charge in [0.2, 0.25) is 0 Å². The maximum absolute atomic E-state index is 12.6. The van der Waals surface area contributed by atoms with Crippen molar-refractivity contribution in [3.8, 4) is 0 Å². The number of carbonyl (C=O) groups is 1. The molecule has 0 aliphatic rings. The van der Waals surface area contributed by atoms with Crippen LogP contribution < -0.4 is 5.32 Å². The van der Waals surface area contributed by atoms with E-state index >= 15 is 0 Å². The molecule has 1 aromatic heterocycles. The number of nitrogens with zero attached hydrogens (tertiary/aromatic N) is 1. The van der Waals surface area contributed by atoms with E-state index in [1.807, 2.05) is 44.4 Å². The van der Waals surface area contributed by atoms with Crippen LogP contribution in [0.2, 0.25) is 0 Å². The second-order valence-corrected chi connectivity index (χ2v) is 6.82. The van der Waals surface area contributed by atoms with E-state index in [1.54, 1.807) is 0 Å². The molecule has 0 saturated carbocycles. The van der Waals surface area contributed by atoms with E-state index in [9.17, 15) is 4.79 Å².